The maximum atomic E-state index is 9.54. The third-order valence-corrected chi connectivity index (χ3v) is 4.02. The van der Waals surface area contributed by atoms with Crippen LogP contribution in [0.1, 0.15) is 18.9 Å². The van der Waals surface area contributed by atoms with Crippen LogP contribution in [0.2, 0.25) is 0 Å². The van der Waals surface area contributed by atoms with E-state index in [4.69, 9.17) is 4.74 Å². The molecule has 1 aliphatic rings. The van der Waals surface area contributed by atoms with Crippen LogP contribution in [0.3, 0.4) is 0 Å². The molecule has 2 N–H and O–H groups in total. The first-order valence-electron chi connectivity index (χ1n) is 7.20. The van der Waals surface area contributed by atoms with Gasteiger partial charge in [0.1, 0.15) is 0 Å². The van der Waals surface area contributed by atoms with Crippen molar-refractivity contribution in [1.82, 2.24) is 5.32 Å². The standard InChI is InChI=1S/C15H23BrN2O2/c1-2-5-17-9-12-8-13(16)3-4-15(12)18-6-7-20-11-14(18)10-19/h3-4,8,14,17,19H,2,5-7,9-11H2,1H3. The zero-order chi connectivity index (χ0) is 14.4. The first-order valence-corrected chi connectivity index (χ1v) is 8.00. The minimum atomic E-state index is 0.0508. The summed E-state index contributed by atoms with van der Waals surface area (Å²) in [6, 6.07) is 6.39. The molecule has 1 fully saturated rings. The lowest BCUT2D eigenvalue weighted by Gasteiger charge is -2.37. The van der Waals surface area contributed by atoms with Crippen molar-refractivity contribution in [1.29, 1.82) is 0 Å². The molecule has 0 saturated carbocycles. The van der Waals surface area contributed by atoms with Crippen molar-refractivity contribution >= 4 is 21.6 Å². The summed E-state index contributed by atoms with van der Waals surface area (Å²) in [5, 5.41) is 13.0. The number of hydrogen-bond donors (Lipinski definition) is 2. The highest BCUT2D eigenvalue weighted by Gasteiger charge is 2.24. The van der Waals surface area contributed by atoms with E-state index in [0.717, 1.165) is 30.5 Å². The van der Waals surface area contributed by atoms with Crippen LogP contribution in [0.15, 0.2) is 22.7 Å². The maximum Gasteiger partial charge on any atom is 0.0755 e. The van der Waals surface area contributed by atoms with E-state index in [1.807, 2.05) is 0 Å². The number of aliphatic hydroxyl groups is 1. The number of nitrogens with one attached hydrogen (secondary N) is 1. The van der Waals surface area contributed by atoms with Gasteiger partial charge in [0.15, 0.2) is 0 Å². The van der Waals surface area contributed by atoms with Crippen molar-refractivity contribution in [2.75, 3.05) is 37.8 Å². The van der Waals surface area contributed by atoms with E-state index in [1.54, 1.807) is 0 Å². The summed E-state index contributed by atoms with van der Waals surface area (Å²) in [5.74, 6) is 0. The molecule has 0 radical (unpaired) electrons. The van der Waals surface area contributed by atoms with Crippen molar-refractivity contribution in [3.63, 3.8) is 0 Å². The van der Waals surface area contributed by atoms with E-state index in [0.29, 0.717) is 13.2 Å². The predicted molar refractivity (Wildman–Crippen MR) is 85.2 cm³/mol. The Labute approximate surface area is 129 Å². The highest BCUT2D eigenvalue weighted by atomic mass is 79.9. The Bertz CT molecular complexity index is 428. The Hall–Kier alpha value is -0.620. The fraction of sp³-hybridized carbons (Fsp3) is 0.600. The summed E-state index contributed by atoms with van der Waals surface area (Å²) in [7, 11) is 0. The first-order chi connectivity index (χ1) is 9.76. The van der Waals surface area contributed by atoms with Gasteiger partial charge in [0.25, 0.3) is 0 Å². The molecule has 0 aliphatic carbocycles. The van der Waals surface area contributed by atoms with Crippen molar-refractivity contribution in [2.45, 2.75) is 25.9 Å². The fourth-order valence-electron chi connectivity index (χ4n) is 2.50. The van der Waals surface area contributed by atoms with Gasteiger partial charge in [0.2, 0.25) is 0 Å². The zero-order valence-corrected chi connectivity index (χ0v) is 13.5. The van der Waals surface area contributed by atoms with Gasteiger partial charge in [0.05, 0.1) is 25.9 Å². The van der Waals surface area contributed by atoms with E-state index in [2.05, 4.69) is 51.3 Å². The Morgan fingerprint density at radius 2 is 2.35 bits per heavy atom. The van der Waals surface area contributed by atoms with Gasteiger partial charge in [-0.3, -0.25) is 0 Å². The van der Waals surface area contributed by atoms with E-state index >= 15 is 0 Å². The lowest BCUT2D eigenvalue weighted by Crippen LogP contribution is -2.48. The summed E-state index contributed by atoms with van der Waals surface area (Å²) in [5.41, 5.74) is 2.45. The summed E-state index contributed by atoms with van der Waals surface area (Å²) in [4.78, 5) is 2.26. The molecule has 0 aromatic heterocycles. The molecule has 4 nitrogen and oxygen atoms in total. The van der Waals surface area contributed by atoms with E-state index < -0.39 is 0 Å². The lowest BCUT2D eigenvalue weighted by molar-refractivity contribution is 0.0726. The molecule has 5 heteroatoms. The number of aliphatic hydroxyl groups excluding tert-OH is 1. The molecule has 1 aromatic rings. The number of morpholine rings is 1. The minimum absolute atomic E-state index is 0.0508. The van der Waals surface area contributed by atoms with Crippen molar-refractivity contribution in [3.05, 3.63) is 28.2 Å². The molecule has 1 saturated heterocycles. The molecular formula is C15H23BrN2O2. The SMILES string of the molecule is CCCNCc1cc(Br)ccc1N1CCOCC1CO. The van der Waals surface area contributed by atoms with Crippen LogP contribution in [0.25, 0.3) is 0 Å². The normalized spacial score (nSPS) is 19.4. The molecular weight excluding hydrogens is 320 g/mol. The van der Waals surface area contributed by atoms with Gasteiger partial charge in [-0.25, -0.2) is 0 Å². The molecule has 0 spiro atoms. The van der Waals surface area contributed by atoms with Crippen LogP contribution < -0.4 is 10.2 Å². The number of ether oxygens (including phenoxy) is 1. The van der Waals surface area contributed by atoms with Crippen LogP contribution in [0.4, 0.5) is 5.69 Å². The molecule has 0 bridgehead atoms. The largest absolute Gasteiger partial charge is 0.394 e. The van der Waals surface area contributed by atoms with E-state index in [9.17, 15) is 5.11 Å². The number of hydrogen-bond acceptors (Lipinski definition) is 4. The molecule has 0 amide bonds. The number of rotatable bonds is 6. The summed E-state index contributed by atoms with van der Waals surface area (Å²) < 4.78 is 6.55. The first kappa shape index (κ1) is 15.8. The van der Waals surface area contributed by atoms with E-state index in [-0.39, 0.29) is 12.6 Å². The van der Waals surface area contributed by atoms with Crippen molar-refractivity contribution in [3.8, 4) is 0 Å². The maximum absolute atomic E-state index is 9.54. The monoisotopic (exact) mass is 342 g/mol. The number of halogens is 1. The minimum Gasteiger partial charge on any atom is -0.394 e. The second-order valence-electron chi connectivity index (χ2n) is 5.05. The average molecular weight is 343 g/mol. The Kier molecular flexibility index (Phi) is 6.29. The third-order valence-electron chi connectivity index (χ3n) is 3.53. The third kappa shape index (κ3) is 3.95. The molecule has 1 heterocycles. The van der Waals surface area contributed by atoms with Gasteiger partial charge >= 0.3 is 0 Å². The van der Waals surface area contributed by atoms with Gasteiger partial charge < -0.3 is 20.1 Å². The predicted octanol–water partition coefficient (Wildman–Crippen LogP) is 2.15. The zero-order valence-electron chi connectivity index (χ0n) is 11.9. The molecule has 112 valence electrons. The van der Waals surface area contributed by atoms with Crippen LogP contribution in [-0.4, -0.2) is 44.1 Å². The highest BCUT2D eigenvalue weighted by Crippen LogP contribution is 2.27. The molecule has 1 aromatic carbocycles. The summed E-state index contributed by atoms with van der Waals surface area (Å²) in [6.07, 6.45) is 1.13. The average Bonchev–Trinajstić information content (AvgIpc) is 2.48. The highest BCUT2D eigenvalue weighted by molar-refractivity contribution is 9.10. The van der Waals surface area contributed by atoms with Gasteiger partial charge in [0, 0.05) is 23.2 Å². The Balaban J connectivity index is 2.19. The number of anilines is 1. The van der Waals surface area contributed by atoms with Crippen molar-refractivity contribution in [2.24, 2.45) is 0 Å². The van der Waals surface area contributed by atoms with Gasteiger partial charge in [-0.05, 0) is 36.7 Å². The van der Waals surface area contributed by atoms with Gasteiger partial charge in [-0.2, -0.15) is 0 Å². The second-order valence-corrected chi connectivity index (χ2v) is 5.97. The quantitative estimate of drug-likeness (QED) is 0.777. The van der Waals surface area contributed by atoms with Gasteiger partial charge in [-0.1, -0.05) is 22.9 Å². The van der Waals surface area contributed by atoms with Crippen LogP contribution in [-0.2, 0) is 11.3 Å². The van der Waals surface area contributed by atoms with Crippen LogP contribution in [0.5, 0.6) is 0 Å². The topological polar surface area (TPSA) is 44.7 Å². The summed E-state index contributed by atoms with van der Waals surface area (Å²) >= 11 is 3.54. The van der Waals surface area contributed by atoms with Crippen LogP contribution >= 0.6 is 15.9 Å². The Morgan fingerprint density at radius 1 is 1.50 bits per heavy atom. The fourth-order valence-corrected chi connectivity index (χ4v) is 2.91. The Morgan fingerprint density at radius 3 is 3.10 bits per heavy atom. The molecule has 1 unspecified atom stereocenters. The number of nitrogens with zero attached hydrogens (tertiary/aromatic N) is 1. The van der Waals surface area contributed by atoms with Crippen molar-refractivity contribution < 1.29 is 9.84 Å². The molecule has 1 aliphatic heterocycles. The molecule has 2 rings (SSSR count). The lowest BCUT2D eigenvalue weighted by atomic mass is 10.1. The molecule has 1 atom stereocenters. The van der Waals surface area contributed by atoms with Gasteiger partial charge in [-0.15, -0.1) is 0 Å². The number of benzene rings is 1. The van der Waals surface area contributed by atoms with Crippen LogP contribution in [0, 0.1) is 0 Å². The summed E-state index contributed by atoms with van der Waals surface area (Å²) in [6.45, 7) is 6.28. The molecule has 20 heavy (non-hydrogen) atoms. The smallest absolute Gasteiger partial charge is 0.0755 e. The second kappa shape index (κ2) is 7.98. The van der Waals surface area contributed by atoms with E-state index in [1.165, 1.54) is 11.3 Å².